The average molecular weight is 326 g/mol. The summed E-state index contributed by atoms with van der Waals surface area (Å²) < 4.78 is 5.33. The summed E-state index contributed by atoms with van der Waals surface area (Å²) >= 11 is 0. The SMILES string of the molecule is CO[C@H](C(=O)NC[C@@H](N)c1ccc(C(C)C)cc1)c1ccccc1. The molecule has 0 unspecified atom stereocenters. The van der Waals surface area contributed by atoms with E-state index in [4.69, 9.17) is 10.5 Å². The Morgan fingerprint density at radius 2 is 1.58 bits per heavy atom. The second-order valence-electron chi connectivity index (χ2n) is 6.20. The minimum atomic E-state index is -0.623. The van der Waals surface area contributed by atoms with Gasteiger partial charge in [0.05, 0.1) is 0 Å². The summed E-state index contributed by atoms with van der Waals surface area (Å²) in [5.74, 6) is 0.307. The molecule has 4 heteroatoms. The largest absolute Gasteiger partial charge is 0.367 e. The number of rotatable bonds is 7. The lowest BCUT2D eigenvalue weighted by atomic mass is 9.99. The van der Waals surface area contributed by atoms with Gasteiger partial charge in [-0.2, -0.15) is 0 Å². The molecule has 0 fully saturated rings. The summed E-state index contributed by atoms with van der Waals surface area (Å²) in [7, 11) is 1.53. The van der Waals surface area contributed by atoms with E-state index in [2.05, 4.69) is 31.3 Å². The maximum atomic E-state index is 12.4. The number of nitrogens with two attached hydrogens (primary N) is 1. The minimum absolute atomic E-state index is 0.182. The summed E-state index contributed by atoms with van der Waals surface area (Å²) in [6, 6.07) is 17.4. The van der Waals surface area contributed by atoms with E-state index in [0.717, 1.165) is 11.1 Å². The number of ether oxygens (including phenoxy) is 1. The number of methoxy groups -OCH3 is 1. The van der Waals surface area contributed by atoms with Crippen LogP contribution in [0.15, 0.2) is 54.6 Å². The number of benzene rings is 2. The lowest BCUT2D eigenvalue weighted by Gasteiger charge is -2.18. The van der Waals surface area contributed by atoms with Gasteiger partial charge < -0.3 is 15.8 Å². The van der Waals surface area contributed by atoms with Crippen LogP contribution in [0.2, 0.25) is 0 Å². The Kier molecular flexibility index (Phi) is 6.53. The number of carbonyl (C=O) groups excluding carboxylic acids is 1. The number of amides is 1. The first-order valence-electron chi connectivity index (χ1n) is 8.23. The second kappa shape index (κ2) is 8.62. The smallest absolute Gasteiger partial charge is 0.253 e. The number of carbonyl (C=O) groups is 1. The molecular formula is C20H26N2O2. The molecule has 1 amide bonds. The lowest BCUT2D eigenvalue weighted by Crippen LogP contribution is -2.35. The quantitative estimate of drug-likeness (QED) is 0.820. The van der Waals surface area contributed by atoms with Gasteiger partial charge in [-0.25, -0.2) is 0 Å². The molecule has 0 aliphatic rings. The van der Waals surface area contributed by atoms with Gasteiger partial charge in [-0.1, -0.05) is 68.4 Å². The predicted octanol–water partition coefficient (Wildman–Crippen LogP) is 3.31. The molecule has 24 heavy (non-hydrogen) atoms. The average Bonchev–Trinajstić information content (AvgIpc) is 2.61. The number of hydrogen-bond donors (Lipinski definition) is 2. The second-order valence-corrected chi connectivity index (χ2v) is 6.20. The van der Waals surface area contributed by atoms with Crippen LogP contribution in [0.4, 0.5) is 0 Å². The Morgan fingerprint density at radius 3 is 2.12 bits per heavy atom. The van der Waals surface area contributed by atoms with E-state index in [1.807, 2.05) is 42.5 Å². The van der Waals surface area contributed by atoms with Gasteiger partial charge >= 0.3 is 0 Å². The van der Waals surface area contributed by atoms with E-state index in [9.17, 15) is 4.79 Å². The monoisotopic (exact) mass is 326 g/mol. The zero-order valence-corrected chi connectivity index (χ0v) is 14.5. The molecule has 0 aliphatic carbocycles. The summed E-state index contributed by atoms with van der Waals surface area (Å²) in [4.78, 5) is 12.4. The van der Waals surface area contributed by atoms with Crippen LogP contribution in [0.1, 0.15) is 48.6 Å². The van der Waals surface area contributed by atoms with Crippen molar-refractivity contribution in [1.29, 1.82) is 0 Å². The summed E-state index contributed by atoms with van der Waals surface area (Å²) in [6.45, 7) is 4.68. The van der Waals surface area contributed by atoms with Gasteiger partial charge in [-0.3, -0.25) is 4.79 Å². The molecule has 4 nitrogen and oxygen atoms in total. The molecule has 0 aliphatic heterocycles. The van der Waals surface area contributed by atoms with Crippen molar-refractivity contribution in [3.63, 3.8) is 0 Å². The first-order chi connectivity index (χ1) is 11.5. The molecule has 0 spiro atoms. The molecule has 0 radical (unpaired) electrons. The third-order valence-corrected chi connectivity index (χ3v) is 4.10. The molecule has 2 rings (SSSR count). The molecule has 0 heterocycles. The van der Waals surface area contributed by atoms with Crippen LogP contribution in [0.25, 0.3) is 0 Å². The fourth-order valence-electron chi connectivity index (χ4n) is 2.57. The Morgan fingerprint density at radius 1 is 1.00 bits per heavy atom. The molecule has 2 atom stereocenters. The Hall–Kier alpha value is -2.17. The van der Waals surface area contributed by atoms with E-state index in [1.165, 1.54) is 12.7 Å². The molecule has 0 bridgehead atoms. The molecule has 128 valence electrons. The van der Waals surface area contributed by atoms with Crippen molar-refractivity contribution < 1.29 is 9.53 Å². The molecular weight excluding hydrogens is 300 g/mol. The van der Waals surface area contributed by atoms with Gasteiger partial charge in [-0.05, 0) is 22.6 Å². The summed E-state index contributed by atoms with van der Waals surface area (Å²) in [5, 5.41) is 2.88. The fourth-order valence-corrected chi connectivity index (χ4v) is 2.57. The van der Waals surface area contributed by atoms with Crippen molar-refractivity contribution in [3.8, 4) is 0 Å². The van der Waals surface area contributed by atoms with Gasteiger partial charge in [0.25, 0.3) is 5.91 Å². The van der Waals surface area contributed by atoms with Crippen LogP contribution >= 0.6 is 0 Å². The van der Waals surface area contributed by atoms with Crippen LogP contribution in [0, 0.1) is 0 Å². The first kappa shape index (κ1) is 18.2. The van der Waals surface area contributed by atoms with E-state index < -0.39 is 6.10 Å². The predicted molar refractivity (Wildman–Crippen MR) is 96.7 cm³/mol. The van der Waals surface area contributed by atoms with Gasteiger partial charge in [0.2, 0.25) is 0 Å². The van der Waals surface area contributed by atoms with Crippen molar-refractivity contribution in [2.45, 2.75) is 31.9 Å². The fraction of sp³-hybridized carbons (Fsp3) is 0.350. The van der Waals surface area contributed by atoms with Gasteiger partial charge in [0.15, 0.2) is 6.10 Å². The zero-order valence-electron chi connectivity index (χ0n) is 14.5. The highest BCUT2D eigenvalue weighted by Crippen LogP contribution is 2.19. The highest BCUT2D eigenvalue weighted by molar-refractivity contribution is 5.82. The van der Waals surface area contributed by atoms with Crippen LogP contribution in [-0.2, 0) is 9.53 Å². The highest BCUT2D eigenvalue weighted by Gasteiger charge is 2.20. The standard InChI is InChI=1S/C20H26N2O2/c1-14(2)15-9-11-16(12-10-15)18(21)13-22-20(23)19(24-3)17-7-5-4-6-8-17/h4-12,14,18-19H,13,21H2,1-3H3,(H,22,23)/t18-,19+/m1/s1. The number of nitrogens with one attached hydrogen (secondary N) is 1. The van der Waals surface area contributed by atoms with Crippen LogP contribution in [0.3, 0.4) is 0 Å². The summed E-state index contributed by atoms with van der Waals surface area (Å²) in [5.41, 5.74) is 9.30. The molecule has 0 saturated heterocycles. The van der Waals surface area contributed by atoms with E-state index in [-0.39, 0.29) is 11.9 Å². The van der Waals surface area contributed by atoms with E-state index >= 15 is 0 Å². The van der Waals surface area contributed by atoms with Crippen LogP contribution in [-0.4, -0.2) is 19.6 Å². The Balaban J connectivity index is 1.95. The molecule has 2 aromatic carbocycles. The highest BCUT2D eigenvalue weighted by atomic mass is 16.5. The first-order valence-corrected chi connectivity index (χ1v) is 8.23. The van der Waals surface area contributed by atoms with Crippen molar-refractivity contribution in [2.75, 3.05) is 13.7 Å². The topological polar surface area (TPSA) is 64.3 Å². The molecule has 0 saturated carbocycles. The van der Waals surface area contributed by atoms with E-state index in [0.29, 0.717) is 12.5 Å². The number of hydrogen-bond acceptors (Lipinski definition) is 3. The van der Waals surface area contributed by atoms with Gasteiger partial charge in [0, 0.05) is 19.7 Å². The summed E-state index contributed by atoms with van der Waals surface area (Å²) in [6.07, 6.45) is -0.623. The Bertz CT molecular complexity index is 638. The third-order valence-electron chi connectivity index (χ3n) is 4.10. The maximum absolute atomic E-state index is 12.4. The minimum Gasteiger partial charge on any atom is -0.367 e. The molecule has 2 aromatic rings. The van der Waals surface area contributed by atoms with E-state index in [1.54, 1.807) is 0 Å². The zero-order chi connectivity index (χ0) is 17.5. The van der Waals surface area contributed by atoms with Gasteiger partial charge in [0.1, 0.15) is 0 Å². The van der Waals surface area contributed by atoms with Crippen molar-refractivity contribution >= 4 is 5.91 Å². The Labute approximate surface area is 144 Å². The molecule has 0 aromatic heterocycles. The van der Waals surface area contributed by atoms with Crippen molar-refractivity contribution in [2.24, 2.45) is 5.73 Å². The van der Waals surface area contributed by atoms with Crippen LogP contribution < -0.4 is 11.1 Å². The molecule has 3 N–H and O–H groups in total. The maximum Gasteiger partial charge on any atom is 0.253 e. The normalized spacial score (nSPS) is 13.5. The van der Waals surface area contributed by atoms with Gasteiger partial charge in [-0.15, -0.1) is 0 Å². The third kappa shape index (κ3) is 4.66. The lowest BCUT2D eigenvalue weighted by molar-refractivity contribution is -0.131. The van der Waals surface area contributed by atoms with Crippen LogP contribution in [0.5, 0.6) is 0 Å². The van der Waals surface area contributed by atoms with Crippen molar-refractivity contribution in [1.82, 2.24) is 5.32 Å². The van der Waals surface area contributed by atoms with Crippen molar-refractivity contribution in [3.05, 3.63) is 71.3 Å².